The van der Waals surface area contributed by atoms with E-state index in [0.717, 1.165) is 16.9 Å². The molecule has 0 N–H and O–H groups in total. The van der Waals surface area contributed by atoms with Crippen molar-refractivity contribution in [2.45, 2.75) is 6.42 Å². The highest BCUT2D eigenvalue weighted by atomic mass is 79.9. The maximum Gasteiger partial charge on any atom is 0.150 e. The van der Waals surface area contributed by atoms with E-state index >= 15 is 0 Å². The molecular weight excluding hydrogens is 256 g/mol. The number of halogens is 1. The third kappa shape index (κ3) is 1.95. The van der Waals surface area contributed by atoms with Crippen LogP contribution in [0.2, 0.25) is 0 Å². The fourth-order valence-electron chi connectivity index (χ4n) is 1.58. The topological polar surface area (TPSA) is 34.9 Å². The third-order valence-corrected chi connectivity index (χ3v) is 3.01. The Morgan fingerprint density at radius 1 is 1.47 bits per heavy atom. The molecule has 2 rings (SSSR count). The molecule has 0 bridgehead atoms. The minimum absolute atomic E-state index is 0.147. The van der Waals surface area contributed by atoms with Gasteiger partial charge >= 0.3 is 0 Å². The van der Waals surface area contributed by atoms with E-state index in [9.17, 15) is 4.79 Å². The largest absolute Gasteiger partial charge is 0.331 e. The number of aromatic nitrogens is 2. The van der Waals surface area contributed by atoms with Crippen LogP contribution in [0.4, 0.5) is 0 Å². The van der Waals surface area contributed by atoms with Crippen LogP contribution in [0.15, 0.2) is 24.3 Å². The van der Waals surface area contributed by atoms with Crippen molar-refractivity contribution in [3.8, 4) is 0 Å². The van der Waals surface area contributed by atoms with Crippen molar-refractivity contribution in [1.29, 1.82) is 0 Å². The number of aryl methyl sites for hydroxylation is 1. The summed E-state index contributed by atoms with van der Waals surface area (Å²) in [6.07, 6.45) is 0.385. The SMILES string of the molecule is Cn1c(CC(=O)CBr)nc2ccccc21. The van der Waals surface area contributed by atoms with Crippen LogP contribution in [0.1, 0.15) is 5.82 Å². The molecule has 3 nitrogen and oxygen atoms in total. The average Bonchev–Trinajstić information content (AvgIpc) is 2.57. The predicted octanol–water partition coefficient (Wildman–Crippen LogP) is 2.08. The summed E-state index contributed by atoms with van der Waals surface area (Å²) in [6.45, 7) is 0. The van der Waals surface area contributed by atoms with Crippen LogP contribution in [0, 0.1) is 0 Å². The molecule has 0 atom stereocenters. The highest BCUT2D eigenvalue weighted by Crippen LogP contribution is 2.14. The predicted molar refractivity (Wildman–Crippen MR) is 63.2 cm³/mol. The number of imidazole rings is 1. The van der Waals surface area contributed by atoms with E-state index in [-0.39, 0.29) is 5.78 Å². The summed E-state index contributed by atoms with van der Waals surface area (Å²) < 4.78 is 1.97. The van der Waals surface area contributed by atoms with Crippen molar-refractivity contribution in [2.24, 2.45) is 7.05 Å². The molecule has 0 aliphatic carbocycles. The lowest BCUT2D eigenvalue weighted by atomic mass is 10.3. The molecule has 0 aliphatic rings. The first-order valence-electron chi connectivity index (χ1n) is 4.70. The van der Waals surface area contributed by atoms with Gasteiger partial charge in [-0.1, -0.05) is 28.1 Å². The van der Waals surface area contributed by atoms with E-state index in [2.05, 4.69) is 20.9 Å². The molecule has 4 heteroatoms. The Labute approximate surface area is 96.2 Å². The maximum absolute atomic E-state index is 11.3. The molecule has 0 radical (unpaired) electrons. The Morgan fingerprint density at radius 2 is 2.20 bits per heavy atom. The minimum atomic E-state index is 0.147. The van der Waals surface area contributed by atoms with E-state index in [1.807, 2.05) is 35.9 Å². The van der Waals surface area contributed by atoms with Gasteiger partial charge in [-0.15, -0.1) is 0 Å². The number of carbonyl (C=O) groups is 1. The fraction of sp³-hybridized carbons (Fsp3) is 0.273. The van der Waals surface area contributed by atoms with Crippen molar-refractivity contribution >= 4 is 32.7 Å². The summed E-state index contributed by atoms with van der Waals surface area (Å²) in [6, 6.07) is 7.88. The summed E-state index contributed by atoms with van der Waals surface area (Å²) >= 11 is 3.15. The normalized spacial score (nSPS) is 10.8. The Morgan fingerprint density at radius 3 is 2.87 bits per heavy atom. The second kappa shape index (κ2) is 4.14. The van der Waals surface area contributed by atoms with Crippen LogP contribution in [-0.2, 0) is 18.3 Å². The molecule has 0 amide bonds. The number of hydrogen-bond donors (Lipinski definition) is 0. The minimum Gasteiger partial charge on any atom is -0.331 e. The number of ketones is 1. The van der Waals surface area contributed by atoms with Gasteiger partial charge < -0.3 is 4.57 Å². The molecular formula is C11H11BrN2O. The number of alkyl halides is 1. The first kappa shape index (κ1) is 10.4. The van der Waals surface area contributed by atoms with Gasteiger partial charge in [-0.25, -0.2) is 4.98 Å². The van der Waals surface area contributed by atoms with Gasteiger partial charge in [0, 0.05) is 7.05 Å². The highest BCUT2D eigenvalue weighted by Gasteiger charge is 2.10. The van der Waals surface area contributed by atoms with E-state index < -0.39 is 0 Å². The first-order chi connectivity index (χ1) is 7.22. The number of rotatable bonds is 3. The molecule has 0 unspecified atom stereocenters. The van der Waals surface area contributed by atoms with Gasteiger partial charge in [-0.3, -0.25) is 4.79 Å². The highest BCUT2D eigenvalue weighted by molar-refractivity contribution is 9.09. The van der Waals surface area contributed by atoms with Gasteiger partial charge in [-0.2, -0.15) is 0 Å². The lowest BCUT2D eigenvalue weighted by molar-refractivity contribution is -0.116. The smallest absolute Gasteiger partial charge is 0.150 e. The molecule has 0 aliphatic heterocycles. The monoisotopic (exact) mass is 266 g/mol. The first-order valence-corrected chi connectivity index (χ1v) is 5.82. The van der Waals surface area contributed by atoms with Crippen LogP contribution in [0.25, 0.3) is 11.0 Å². The molecule has 1 aromatic heterocycles. The molecule has 2 aromatic rings. The van der Waals surface area contributed by atoms with Crippen molar-refractivity contribution in [1.82, 2.24) is 9.55 Å². The zero-order valence-electron chi connectivity index (χ0n) is 8.40. The van der Waals surface area contributed by atoms with Crippen LogP contribution in [0.3, 0.4) is 0 Å². The molecule has 0 saturated heterocycles. The number of hydrogen-bond acceptors (Lipinski definition) is 2. The summed E-state index contributed by atoms with van der Waals surface area (Å²) in [4.78, 5) is 15.7. The van der Waals surface area contributed by atoms with E-state index in [4.69, 9.17) is 0 Å². The second-order valence-electron chi connectivity index (χ2n) is 3.42. The van der Waals surface area contributed by atoms with E-state index in [1.54, 1.807) is 0 Å². The Hall–Kier alpha value is -1.16. The van der Waals surface area contributed by atoms with Crippen molar-refractivity contribution in [3.05, 3.63) is 30.1 Å². The van der Waals surface area contributed by atoms with Gasteiger partial charge in [0.2, 0.25) is 0 Å². The maximum atomic E-state index is 11.3. The van der Waals surface area contributed by atoms with Gasteiger partial charge in [-0.05, 0) is 12.1 Å². The lowest BCUT2D eigenvalue weighted by Crippen LogP contribution is -2.08. The van der Waals surface area contributed by atoms with Crippen LogP contribution >= 0.6 is 15.9 Å². The second-order valence-corrected chi connectivity index (χ2v) is 3.99. The third-order valence-electron chi connectivity index (χ3n) is 2.38. The van der Waals surface area contributed by atoms with Gasteiger partial charge in [0.15, 0.2) is 5.78 Å². The molecule has 15 heavy (non-hydrogen) atoms. The lowest BCUT2D eigenvalue weighted by Gasteiger charge is -1.99. The molecule has 78 valence electrons. The van der Waals surface area contributed by atoms with Gasteiger partial charge in [0.25, 0.3) is 0 Å². The zero-order valence-corrected chi connectivity index (χ0v) is 9.99. The molecule has 0 saturated carbocycles. The number of para-hydroxylation sites is 2. The van der Waals surface area contributed by atoms with Crippen LogP contribution in [0.5, 0.6) is 0 Å². The quantitative estimate of drug-likeness (QED) is 0.798. The summed E-state index contributed by atoms with van der Waals surface area (Å²) in [7, 11) is 1.94. The molecule has 1 aromatic carbocycles. The van der Waals surface area contributed by atoms with Crippen molar-refractivity contribution in [2.75, 3.05) is 5.33 Å². The van der Waals surface area contributed by atoms with Crippen LogP contribution < -0.4 is 0 Å². The van der Waals surface area contributed by atoms with Gasteiger partial charge in [0.05, 0.1) is 22.8 Å². The summed E-state index contributed by atoms with van der Waals surface area (Å²) in [5, 5.41) is 0.385. The van der Waals surface area contributed by atoms with Crippen molar-refractivity contribution < 1.29 is 4.79 Å². The molecule has 1 heterocycles. The number of nitrogens with zero attached hydrogens (tertiary/aromatic N) is 2. The number of Topliss-reactive ketones (excluding diaryl/α,β-unsaturated/α-hetero) is 1. The summed E-state index contributed by atoms with van der Waals surface area (Å²) in [5.41, 5.74) is 2.01. The Kier molecular flexibility index (Phi) is 2.86. The number of fused-ring (bicyclic) bond motifs is 1. The Balaban J connectivity index is 2.44. The Bertz CT molecular complexity index is 504. The molecule has 0 spiro atoms. The standard InChI is InChI=1S/C11H11BrN2O/c1-14-10-5-3-2-4-9(10)13-11(14)6-8(15)7-12/h2-5H,6-7H2,1H3. The summed E-state index contributed by atoms with van der Waals surface area (Å²) in [5.74, 6) is 0.967. The number of benzene rings is 1. The van der Waals surface area contributed by atoms with E-state index in [0.29, 0.717) is 11.8 Å². The fourth-order valence-corrected chi connectivity index (χ4v) is 1.78. The number of carbonyl (C=O) groups excluding carboxylic acids is 1. The van der Waals surface area contributed by atoms with Gasteiger partial charge in [0.1, 0.15) is 5.82 Å². The van der Waals surface area contributed by atoms with Crippen molar-refractivity contribution in [3.63, 3.8) is 0 Å². The zero-order chi connectivity index (χ0) is 10.8. The average molecular weight is 267 g/mol. The van der Waals surface area contributed by atoms with E-state index in [1.165, 1.54) is 0 Å². The molecule has 0 fully saturated rings. The van der Waals surface area contributed by atoms with Crippen LogP contribution in [-0.4, -0.2) is 20.7 Å².